The van der Waals surface area contributed by atoms with Gasteiger partial charge in [0, 0.05) is 55.6 Å². The lowest BCUT2D eigenvalue weighted by Gasteiger charge is -2.34. The van der Waals surface area contributed by atoms with Crippen LogP contribution in [0.1, 0.15) is 29.6 Å². The minimum atomic E-state index is 0.0591. The number of fused-ring (bicyclic) bond motifs is 1. The zero-order valence-corrected chi connectivity index (χ0v) is 17.8. The number of hydrogen-bond donors (Lipinski definition) is 1. The molecule has 1 saturated heterocycles. The molecule has 4 nitrogen and oxygen atoms in total. The van der Waals surface area contributed by atoms with Gasteiger partial charge in [-0.25, -0.2) is 0 Å². The first kappa shape index (κ1) is 19.0. The topological polar surface area (TPSA) is 35.6 Å². The number of para-hydroxylation sites is 1. The van der Waals surface area contributed by atoms with E-state index in [9.17, 15) is 4.79 Å². The minimum Gasteiger partial charge on any atom is -0.377 e. The van der Waals surface area contributed by atoms with E-state index in [1.165, 1.54) is 5.69 Å². The Balaban J connectivity index is 1.28. The molecule has 1 N–H and O–H groups in total. The average molecular weight is 400 g/mol. The summed E-state index contributed by atoms with van der Waals surface area (Å²) in [6.07, 6.45) is 3.40. The summed E-state index contributed by atoms with van der Waals surface area (Å²) in [6, 6.07) is 23.2. The highest BCUT2D eigenvalue weighted by Crippen LogP contribution is 2.54. The maximum absolute atomic E-state index is 13.2. The Morgan fingerprint density at radius 1 is 0.933 bits per heavy atom. The SMILES string of the molecule is CN(C)c1cccc2c(C(=O)NC3CC34CCN(c3ccccc3)CC4)cccc12. The maximum atomic E-state index is 13.2. The molecule has 0 radical (unpaired) electrons. The van der Waals surface area contributed by atoms with Gasteiger partial charge in [-0.2, -0.15) is 0 Å². The second-order valence-corrected chi connectivity index (χ2v) is 8.99. The maximum Gasteiger partial charge on any atom is 0.252 e. The van der Waals surface area contributed by atoms with Crippen LogP contribution >= 0.6 is 0 Å². The lowest BCUT2D eigenvalue weighted by Crippen LogP contribution is -2.38. The first-order valence-corrected chi connectivity index (χ1v) is 10.9. The van der Waals surface area contributed by atoms with Gasteiger partial charge in [-0.1, -0.05) is 42.5 Å². The lowest BCUT2D eigenvalue weighted by atomic mass is 9.92. The predicted molar refractivity (Wildman–Crippen MR) is 124 cm³/mol. The third kappa shape index (κ3) is 3.30. The van der Waals surface area contributed by atoms with E-state index in [4.69, 9.17) is 0 Å². The molecular formula is C26H29N3O. The third-order valence-corrected chi connectivity index (χ3v) is 7.00. The summed E-state index contributed by atoms with van der Waals surface area (Å²) in [5.74, 6) is 0.0591. The molecule has 3 aromatic carbocycles. The fraction of sp³-hybridized carbons (Fsp3) is 0.346. The minimum absolute atomic E-state index is 0.0591. The molecular weight excluding hydrogens is 370 g/mol. The lowest BCUT2D eigenvalue weighted by molar-refractivity contribution is 0.0945. The van der Waals surface area contributed by atoms with E-state index in [0.29, 0.717) is 11.5 Å². The number of carbonyl (C=O) groups excluding carboxylic acids is 1. The summed E-state index contributed by atoms with van der Waals surface area (Å²) in [7, 11) is 4.08. The first-order valence-electron chi connectivity index (χ1n) is 10.9. The van der Waals surface area contributed by atoms with Gasteiger partial charge in [-0.15, -0.1) is 0 Å². The molecule has 2 fully saturated rings. The van der Waals surface area contributed by atoms with Crippen molar-refractivity contribution in [1.29, 1.82) is 0 Å². The van der Waals surface area contributed by atoms with Gasteiger partial charge in [-0.3, -0.25) is 4.79 Å². The predicted octanol–water partition coefficient (Wildman–Crippen LogP) is 4.69. The quantitative estimate of drug-likeness (QED) is 0.691. The Kier molecular flexibility index (Phi) is 4.65. The number of hydrogen-bond acceptors (Lipinski definition) is 3. The monoisotopic (exact) mass is 399 g/mol. The highest BCUT2D eigenvalue weighted by molar-refractivity contribution is 6.10. The molecule has 1 aliphatic heterocycles. The number of anilines is 2. The van der Waals surface area contributed by atoms with Crippen molar-refractivity contribution in [3.05, 3.63) is 72.3 Å². The molecule has 3 aromatic rings. The van der Waals surface area contributed by atoms with E-state index < -0.39 is 0 Å². The molecule has 1 spiro atoms. The number of amides is 1. The van der Waals surface area contributed by atoms with Crippen LogP contribution in [0, 0.1) is 5.41 Å². The van der Waals surface area contributed by atoms with E-state index in [0.717, 1.165) is 54.4 Å². The van der Waals surface area contributed by atoms with E-state index in [1.807, 2.05) is 32.3 Å². The van der Waals surface area contributed by atoms with Crippen LogP contribution in [-0.2, 0) is 0 Å². The number of nitrogens with zero attached hydrogens (tertiary/aromatic N) is 2. The van der Waals surface area contributed by atoms with Crippen molar-refractivity contribution >= 4 is 28.1 Å². The molecule has 1 aliphatic carbocycles. The van der Waals surface area contributed by atoms with Gasteiger partial charge < -0.3 is 15.1 Å². The number of benzene rings is 3. The first-order chi connectivity index (χ1) is 14.6. The standard InChI is InChI=1S/C26H29N3O/c1-28(2)23-13-7-10-20-21(23)11-6-12-22(20)25(30)27-24-18-26(24)14-16-29(17-15-26)19-8-4-3-5-9-19/h3-13,24H,14-18H2,1-2H3,(H,27,30). The van der Waals surface area contributed by atoms with Gasteiger partial charge in [0.15, 0.2) is 0 Å². The van der Waals surface area contributed by atoms with Crippen LogP contribution < -0.4 is 15.1 Å². The molecule has 1 unspecified atom stereocenters. The summed E-state index contributed by atoms with van der Waals surface area (Å²) in [4.78, 5) is 17.7. The average Bonchev–Trinajstić information content (AvgIpc) is 3.44. The largest absolute Gasteiger partial charge is 0.377 e. The summed E-state index contributed by atoms with van der Waals surface area (Å²) in [5.41, 5.74) is 3.51. The molecule has 1 amide bonds. The summed E-state index contributed by atoms with van der Waals surface area (Å²) >= 11 is 0. The molecule has 0 bridgehead atoms. The Labute approximate surface area is 178 Å². The molecule has 4 heteroatoms. The van der Waals surface area contributed by atoms with Crippen LogP contribution in [0.15, 0.2) is 66.7 Å². The summed E-state index contributed by atoms with van der Waals surface area (Å²) in [5, 5.41) is 5.50. The van der Waals surface area contributed by atoms with E-state index in [2.05, 4.69) is 63.6 Å². The zero-order chi connectivity index (χ0) is 20.7. The zero-order valence-electron chi connectivity index (χ0n) is 17.8. The van der Waals surface area contributed by atoms with Gasteiger partial charge >= 0.3 is 0 Å². The molecule has 154 valence electrons. The van der Waals surface area contributed by atoms with Crippen LogP contribution in [0.25, 0.3) is 10.8 Å². The molecule has 1 saturated carbocycles. The van der Waals surface area contributed by atoms with Gasteiger partial charge in [-0.05, 0) is 54.3 Å². The normalized spacial score (nSPS) is 19.7. The number of nitrogens with one attached hydrogen (secondary N) is 1. The fourth-order valence-corrected chi connectivity index (χ4v) is 5.07. The molecule has 1 atom stereocenters. The van der Waals surface area contributed by atoms with E-state index in [1.54, 1.807) is 0 Å². The van der Waals surface area contributed by atoms with Gasteiger partial charge in [0.1, 0.15) is 0 Å². The number of piperidine rings is 1. The molecule has 5 rings (SSSR count). The van der Waals surface area contributed by atoms with Crippen LogP contribution in [-0.4, -0.2) is 39.1 Å². The summed E-state index contributed by atoms with van der Waals surface area (Å²) < 4.78 is 0. The van der Waals surface area contributed by atoms with Crippen LogP contribution in [0.4, 0.5) is 11.4 Å². The van der Waals surface area contributed by atoms with Crippen LogP contribution in [0.2, 0.25) is 0 Å². The van der Waals surface area contributed by atoms with Crippen LogP contribution in [0.3, 0.4) is 0 Å². The fourth-order valence-electron chi connectivity index (χ4n) is 5.07. The van der Waals surface area contributed by atoms with Gasteiger partial charge in [0.2, 0.25) is 0 Å². The summed E-state index contributed by atoms with van der Waals surface area (Å²) in [6.45, 7) is 2.13. The number of rotatable bonds is 4. The Bertz CT molecular complexity index is 1070. The van der Waals surface area contributed by atoms with Crippen molar-refractivity contribution in [2.75, 3.05) is 37.0 Å². The second kappa shape index (κ2) is 7.35. The van der Waals surface area contributed by atoms with Gasteiger partial charge in [0.05, 0.1) is 0 Å². The molecule has 30 heavy (non-hydrogen) atoms. The number of carbonyl (C=O) groups is 1. The van der Waals surface area contributed by atoms with Crippen LogP contribution in [0.5, 0.6) is 0 Å². The Hall–Kier alpha value is -3.01. The second-order valence-electron chi connectivity index (χ2n) is 8.99. The van der Waals surface area contributed by atoms with Crippen molar-refractivity contribution in [2.24, 2.45) is 5.41 Å². The van der Waals surface area contributed by atoms with E-state index >= 15 is 0 Å². The highest BCUT2D eigenvalue weighted by atomic mass is 16.1. The molecule has 0 aromatic heterocycles. The third-order valence-electron chi connectivity index (χ3n) is 7.00. The smallest absolute Gasteiger partial charge is 0.252 e. The van der Waals surface area contributed by atoms with Gasteiger partial charge in [0.25, 0.3) is 5.91 Å². The van der Waals surface area contributed by atoms with Crippen molar-refractivity contribution in [3.63, 3.8) is 0 Å². The highest BCUT2D eigenvalue weighted by Gasteiger charge is 2.55. The van der Waals surface area contributed by atoms with E-state index in [-0.39, 0.29) is 5.91 Å². The molecule has 1 heterocycles. The van der Waals surface area contributed by atoms with Crippen molar-refractivity contribution in [3.8, 4) is 0 Å². The van der Waals surface area contributed by atoms with Crippen molar-refractivity contribution < 1.29 is 4.79 Å². The van der Waals surface area contributed by atoms with Crippen molar-refractivity contribution in [2.45, 2.75) is 25.3 Å². The van der Waals surface area contributed by atoms with Crippen molar-refractivity contribution in [1.82, 2.24) is 5.32 Å². The Morgan fingerprint density at radius 2 is 1.63 bits per heavy atom. The Morgan fingerprint density at radius 3 is 2.37 bits per heavy atom. The molecule has 2 aliphatic rings.